The van der Waals surface area contributed by atoms with Crippen LogP contribution in [0.4, 0.5) is 0 Å². The maximum Gasteiger partial charge on any atom is 0.184 e. The van der Waals surface area contributed by atoms with Crippen LogP contribution in [0.15, 0.2) is 72.8 Å². The number of Topliss-reactive ketones (excluding diaryl/α,β-unsaturated/α-hetero) is 1. The molecule has 0 aliphatic carbocycles. The maximum atomic E-state index is 12.6. The van der Waals surface area contributed by atoms with Crippen molar-refractivity contribution in [3.63, 3.8) is 0 Å². The number of ketones is 1. The topological polar surface area (TPSA) is 40.9 Å². The standard InChI is InChI=1S/C19H13NO/c20-13-18(15-7-2-1-3-8-15)19(21)17-11-10-14-6-4-5-9-16(14)12-17/h1-12,18H/t18-/m1/s1. The van der Waals surface area contributed by atoms with E-state index >= 15 is 0 Å². The molecule has 0 radical (unpaired) electrons. The quantitative estimate of drug-likeness (QED) is 0.665. The summed E-state index contributed by atoms with van der Waals surface area (Å²) in [6.07, 6.45) is 0. The molecule has 0 heterocycles. The molecule has 0 aromatic heterocycles. The van der Waals surface area contributed by atoms with E-state index in [4.69, 9.17) is 0 Å². The molecular weight excluding hydrogens is 258 g/mol. The van der Waals surface area contributed by atoms with Crippen LogP contribution in [0, 0.1) is 11.3 Å². The lowest BCUT2D eigenvalue weighted by Gasteiger charge is -2.09. The van der Waals surface area contributed by atoms with Crippen molar-refractivity contribution in [1.82, 2.24) is 0 Å². The molecule has 2 nitrogen and oxygen atoms in total. The Morgan fingerprint density at radius 2 is 1.52 bits per heavy atom. The van der Waals surface area contributed by atoms with E-state index in [2.05, 4.69) is 6.07 Å². The summed E-state index contributed by atoms with van der Waals surface area (Å²) >= 11 is 0. The molecule has 0 bridgehead atoms. The second-order valence-electron chi connectivity index (χ2n) is 4.90. The first-order chi connectivity index (χ1) is 10.3. The molecule has 3 aromatic rings. The number of carbonyl (C=O) groups is 1. The fourth-order valence-electron chi connectivity index (χ4n) is 2.44. The minimum atomic E-state index is -0.757. The Bertz CT molecular complexity index is 831. The normalized spacial score (nSPS) is 11.8. The zero-order chi connectivity index (χ0) is 14.7. The summed E-state index contributed by atoms with van der Waals surface area (Å²) < 4.78 is 0. The van der Waals surface area contributed by atoms with Crippen LogP contribution in [0.3, 0.4) is 0 Å². The number of hydrogen-bond donors (Lipinski definition) is 0. The van der Waals surface area contributed by atoms with E-state index in [1.807, 2.05) is 66.7 Å². The van der Waals surface area contributed by atoms with Gasteiger partial charge in [0.15, 0.2) is 5.78 Å². The summed E-state index contributed by atoms with van der Waals surface area (Å²) in [5.41, 5.74) is 1.31. The minimum absolute atomic E-state index is 0.158. The fourth-order valence-corrected chi connectivity index (χ4v) is 2.44. The Hall–Kier alpha value is -2.92. The average molecular weight is 271 g/mol. The number of carbonyl (C=O) groups excluding carboxylic acids is 1. The number of hydrogen-bond acceptors (Lipinski definition) is 2. The van der Waals surface area contributed by atoms with Crippen LogP contribution in [0.5, 0.6) is 0 Å². The molecule has 2 heteroatoms. The van der Waals surface area contributed by atoms with Gasteiger partial charge in [-0.05, 0) is 22.4 Å². The Morgan fingerprint density at radius 3 is 2.24 bits per heavy atom. The molecule has 0 N–H and O–H groups in total. The Balaban J connectivity index is 2.01. The van der Waals surface area contributed by atoms with E-state index in [0.717, 1.165) is 16.3 Å². The lowest BCUT2D eigenvalue weighted by molar-refractivity contribution is 0.0979. The Morgan fingerprint density at radius 1 is 0.857 bits per heavy atom. The van der Waals surface area contributed by atoms with Crippen LogP contribution in [0.1, 0.15) is 21.8 Å². The van der Waals surface area contributed by atoms with E-state index < -0.39 is 5.92 Å². The van der Waals surface area contributed by atoms with Gasteiger partial charge < -0.3 is 0 Å². The smallest absolute Gasteiger partial charge is 0.184 e. The van der Waals surface area contributed by atoms with Crippen LogP contribution in [0.2, 0.25) is 0 Å². The molecule has 0 saturated heterocycles. The highest BCUT2D eigenvalue weighted by atomic mass is 16.1. The van der Waals surface area contributed by atoms with Gasteiger partial charge in [-0.15, -0.1) is 0 Å². The molecule has 3 aromatic carbocycles. The first-order valence-electron chi connectivity index (χ1n) is 6.77. The molecule has 0 aliphatic rings. The molecule has 21 heavy (non-hydrogen) atoms. The lowest BCUT2D eigenvalue weighted by Crippen LogP contribution is -2.11. The summed E-state index contributed by atoms with van der Waals surface area (Å²) in [6.45, 7) is 0. The number of fused-ring (bicyclic) bond motifs is 1. The largest absolute Gasteiger partial charge is 0.292 e. The van der Waals surface area contributed by atoms with Crippen molar-refractivity contribution in [3.8, 4) is 6.07 Å². The van der Waals surface area contributed by atoms with Crippen LogP contribution in [0.25, 0.3) is 10.8 Å². The molecule has 0 amide bonds. The Kier molecular flexibility index (Phi) is 3.49. The van der Waals surface area contributed by atoms with Crippen LogP contribution in [-0.2, 0) is 0 Å². The fraction of sp³-hybridized carbons (Fsp3) is 0.0526. The molecule has 0 fully saturated rings. The molecule has 0 saturated carbocycles. The van der Waals surface area contributed by atoms with Gasteiger partial charge in [-0.25, -0.2) is 0 Å². The van der Waals surface area contributed by atoms with Gasteiger partial charge in [-0.1, -0.05) is 66.7 Å². The molecule has 3 rings (SSSR count). The lowest BCUT2D eigenvalue weighted by atomic mass is 9.91. The SMILES string of the molecule is N#C[C@@H](C(=O)c1ccc2ccccc2c1)c1ccccc1. The second kappa shape index (κ2) is 5.60. The van der Waals surface area contributed by atoms with Crippen molar-refractivity contribution in [1.29, 1.82) is 5.26 Å². The van der Waals surface area contributed by atoms with Gasteiger partial charge in [-0.2, -0.15) is 5.26 Å². The number of benzene rings is 3. The van der Waals surface area contributed by atoms with Crippen LogP contribution >= 0.6 is 0 Å². The summed E-state index contributed by atoms with van der Waals surface area (Å²) in [5, 5.41) is 11.4. The zero-order valence-electron chi connectivity index (χ0n) is 11.4. The van der Waals surface area contributed by atoms with Gasteiger partial charge in [0.2, 0.25) is 0 Å². The molecule has 100 valence electrons. The van der Waals surface area contributed by atoms with Crippen molar-refractivity contribution in [2.24, 2.45) is 0 Å². The summed E-state index contributed by atoms with van der Waals surface area (Å²) in [4.78, 5) is 12.6. The highest BCUT2D eigenvalue weighted by molar-refractivity contribution is 6.05. The van der Waals surface area contributed by atoms with Crippen molar-refractivity contribution < 1.29 is 4.79 Å². The summed E-state index contributed by atoms with van der Waals surface area (Å²) in [5.74, 6) is -0.915. The van der Waals surface area contributed by atoms with Gasteiger partial charge in [0, 0.05) is 5.56 Å². The number of nitrogens with zero attached hydrogens (tertiary/aromatic N) is 1. The first-order valence-corrected chi connectivity index (χ1v) is 6.77. The first kappa shape index (κ1) is 13.1. The maximum absolute atomic E-state index is 12.6. The monoisotopic (exact) mass is 271 g/mol. The van der Waals surface area contributed by atoms with E-state index in [-0.39, 0.29) is 5.78 Å². The van der Waals surface area contributed by atoms with Crippen LogP contribution in [-0.4, -0.2) is 5.78 Å². The van der Waals surface area contributed by atoms with Gasteiger partial charge in [0.1, 0.15) is 5.92 Å². The highest BCUT2D eigenvalue weighted by Gasteiger charge is 2.21. The van der Waals surface area contributed by atoms with Gasteiger partial charge in [0.05, 0.1) is 6.07 Å². The third-order valence-corrected chi connectivity index (χ3v) is 3.56. The van der Waals surface area contributed by atoms with E-state index in [0.29, 0.717) is 5.56 Å². The van der Waals surface area contributed by atoms with Crippen LogP contribution < -0.4 is 0 Å². The molecule has 0 aliphatic heterocycles. The van der Waals surface area contributed by atoms with Crippen molar-refractivity contribution in [3.05, 3.63) is 83.9 Å². The highest BCUT2D eigenvalue weighted by Crippen LogP contribution is 2.23. The number of rotatable bonds is 3. The molecule has 0 unspecified atom stereocenters. The van der Waals surface area contributed by atoms with E-state index in [9.17, 15) is 10.1 Å². The predicted octanol–water partition coefficient (Wildman–Crippen LogP) is 4.33. The summed E-state index contributed by atoms with van der Waals surface area (Å²) in [7, 11) is 0. The predicted molar refractivity (Wildman–Crippen MR) is 83.1 cm³/mol. The third kappa shape index (κ3) is 2.54. The van der Waals surface area contributed by atoms with Gasteiger partial charge in [0.25, 0.3) is 0 Å². The third-order valence-electron chi connectivity index (χ3n) is 3.56. The van der Waals surface area contributed by atoms with Crippen molar-refractivity contribution in [2.45, 2.75) is 5.92 Å². The van der Waals surface area contributed by atoms with E-state index in [1.54, 1.807) is 6.07 Å². The molecule has 1 atom stereocenters. The average Bonchev–Trinajstić information content (AvgIpc) is 2.56. The zero-order valence-corrected chi connectivity index (χ0v) is 11.4. The second-order valence-corrected chi connectivity index (χ2v) is 4.90. The molecular formula is C19H13NO. The van der Waals surface area contributed by atoms with Crippen molar-refractivity contribution >= 4 is 16.6 Å². The van der Waals surface area contributed by atoms with Crippen molar-refractivity contribution in [2.75, 3.05) is 0 Å². The summed E-state index contributed by atoms with van der Waals surface area (Å²) in [6, 6.07) is 24.7. The van der Waals surface area contributed by atoms with E-state index in [1.165, 1.54) is 0 Å². The van der Waals surface area contributed by atoms with Gasteiger partial charge >= 0.3 is 0 Å². The number of nitriles is 1. The minimum Gasteiger partial charge on any atom is -0.292 e. The Labute approximate surface area is 123 Å². The molecule has 0 spiro atoms. The van der Waals surface area contributed by atoms with Gasteiger partial charge in [-0.3, -0.25) is 4.79 Å².